The lowest BCUT2D eigenvalue weighted by atomic mass is 10.1. The molecule has 0 radical (unpaired) electrons. The smallest absolute Gasteiger partial charge is 0.255 e. The normalized spacial score (nSPS) is 9.15. The van der Waals surface area contributed by atoms with E-state index in [1.54, 1.807) is 54.6 Å². The zero-order valence-electron chi connectivity index (χ0n) is 14.1. The van der Waals surface area contributed by atoms with Crippen molar-refractivity contribution < 1.29 is 9.53 Å². The number of nitrogens with one attached hydrogen (secondary N) is 2. The van der Waals surface area contributed by atoms with E-state index in [1.165, 1.54) is 13.2 Å². The number of amides is 1. The molecule has 0 aliphatic rings. The van der Waals surface area contributed by atoms with Crippen molar-refractivity contribution in [3.05, 3.63) is 64.3 Å². The topological polar surface area (TPSA) is 122 Å². The number of halogens is 1. The number of hydrogen-bond donors (Lipinski definition) is 2. The molecule has 0 unspecified atom stereocenters. The number of hydrogen-bond acceptors (Lipinski definition) is 6. The van der Waals surface area contributed by atoms with Crippen molar-refractivity contribution in [2.75, 3.05) is 17.7 Å². The van der Waals surface area contributed by atoms with Crippen molar-refractivity contribution >= 4 is 28.9 Å². The Labute approximate surface area is 160 Å². The molecule has 0 spiro atoms. The molecule has 2 N–H and O–H groups in total. The number of nitrogens with zero attached hydrogens (tertiary/aromatic N) is 3. The second-order valence-electron chi connectivity index (χ2n) is 5.09. The molecule has 8 heteroatoms. The van der Waals surface area contributed by atoms with Crippen LogP contribution in [0, 0.1) is 34.0 Å². The first-order chi connectivity index (χ1) is 13.0. The van der Waals surface area contributed by atoms with Gasteiger partial charge >= 0.3 is 0 Å². The van der Waals surface area contributed by atoms with E-state index >= 15 is 0 Å². The molecule has 1 amide bonds. The molecule has 7 nitrogen and oxygen atoms in total. The lowest BCUT2D eigenvalue weighted by Gasteiger charge is -2.11. The van der Waals surface area contributed by atoms with E-state index in [0.717, 1.165) is 0 Å². The Morgan fingerprint density at radius 1 is 1.04 bits per heavy atom. The summed E-state index contributed by atoms with van der Waals surface area (Å²) < 4.78 is 5.19. The van der Waals surface area contributed by atoms with Gasteiger partial charge in [-0.2, -0.15) is 15.8 Å². The Balaban J connectivity index is 2.28. The van der Waals surface area contributed by atoms with Crippen molar-refractivity contribution in [3.8, 4) is 24.0 Å². The van der Waals surface area contributed by atoms with Gasteiger partial charge in [-0.25, -0.2) is 0 Å². The second-order valence-corrected chi connectivity index (χ2v) is 5.53. The molecule has 2 rings (SSSR count). The number of rotatable bonds is 5. The fourth-order valence-corrected chi connectivity index (χ4v) is 2.31. The number of nitriles is 3. The van der Waals surface area contributed by atoms with E-state index in [2.05, 4.69) is 10.6 Å². The fourth-order valence-electron chi connectivity index (χ4n) is 2.14. The molecule has 0 aromatic heterocycles. The molecule has 2 aromatic carbocycles. The zero-order chi connectivity index (χ0) is 19.8. The average molecular weight is 378 g/mol. The second kappa shape index (κ2) is 8.92. The van der Waals surface area contributed by atoms with Gasteiger partial charge in [-0.15, -0.1) is 0 Å². The number of anilines is 2. The van der Waals surface area contributed by atoms with Gasteiger partial charge in [0.2, 0.25) is 0 Å². The standard InChI is InChI=1S/C19H12ClN5O2/c1-27-18-6-5-14(20)8-16(18)25-19(26)12-3-2-4-15(7-12)24-17(11-23)13(9-21)10-22/h2-8,24H,1H3,(H,25,26). The molecule has 132 valence electrons. The molecule has 0 fully saturated rings. The average Bonchev–Trinajstić information content (AvgIpc) is 2.68. The van der Waals surface area contributed by atoms with Crippen LogP contribution in [0.5, 0.6) is 5.75 Å². The first-order valence-corrected chi connectivity index (χ1v) is 7.86. The molecular weight excluding hydrogens is 366 g/mol. The van der Waals surface area contributed by atoms with Crippen LogP contribution in [0.2, 0.25) is 5.02 Å². The molecule has 0 heterocycles. The summed E-state index contributed by atoms with van der Waals surface area (Å²) in [5.41, 5.74) is 0.516. The first kappa shape index (κ1) is 19.3. The van der Waals surface area contributed by atoms with Gasteiger partial charge in [0, 0.05) is 16.3 Å². The molecule has 0 atom stereocenters. The van der Waals surface area contributed by atoms with Gasteiger partial charge in [0.05, 0.1) is 12.8 Å². The number of methoxy groups -OCH3 is 1. The van der Waals surface area contributed by atoms with E-state index in [0.29, 0.717) is 22.1 Å². The molecule has 0 aliphatic heterocycles. The minimum Gasteiger partial charge on any atom is -0.495 e. The Hall–Kier alpha value is -3.99. The number of allylic oxidation sites excluding steroid dienone is 2. The van der Waals surface area contributed by atoms with E-state index in [1.807, 2.05) is 0 Å². The van der Waals surface area contributed by atoms with Crippen LogP contribution in [0.3, 0.4) is 0 Å². The highest BCUT2D eigenvalue weighted by molar-refractivity contribution is 6.31. The summed E-state index contributed by atoms with van der Waals surface area (Å²) in [7, 11) is 1.47. The van der Waals surface area contributed by atoms with Crippen molar-refractivity contribution in [2.45, 2.75) is 0 Å². The maximum absolute atomic E-state index is 12.5. The predicted octanol–water partition coefficient (Wildman–Crippen LogP) is 3.84. The minimum absolute atomic E-state index is 0.200. The van der Waals surface area contributed by atoms with E-state index in [-0.39, 0.29) is 16.8 Å². The Bertz CT molecular complexity index is 1030. The van der Waals surface area contributed by atoms with Crippen LogP contribution in [-0.2, 0) is 0 Å². The zero-order valence-corrected chi connectivity index (χ0v) is 14.8. The third-order valence-corrected chi connectivity index (χ3v) is 3.62. The highest BCUT2D eigenvalue weighted by Crippen LogP contribution is 2.28. The van der Waals surface area contributed by atoms with Crippen LogP contribution in [0.15, 0.2) is 53.7 Å². The number of carbonyl (C=O) groups excluding carboxylic acids is 1. The summed E-state index contributed by atoms with van der Waals surface area (Å²) in [6.07, 6.45) is 0. The van der Waals surface area contributed by atoms with Gasteiger partial charge in [-0.1, -0.05) is 17.7 Å². The highest BCUT2D eigenvalue weighted by atomic mass is 35.5. The summed E-state index contributed by atoms with van der Waals surface area (Å²) in [4.78, 5) is 12.5. The van der Waals surface area contributed by atoms with Gasteiger partial charge in [0.25, 0.3) is 5.91 Å². The first-order valence-electron chi connectivity index (χ1n) is 7.49. The molecule has 2 aromatic rings. The number of ether oxygens (including phenoxy) is 1. The van der Waals surface area contributed by atoms with Gasteiger partial charge < -0.3 is 15.4 Å². The molecular formula is C19H12ClN5O2. The Kier molecular flexibility index (Phi) is 6.39. The summed E-state index contributed by atoms with van der Waals surface area (Å²) in [5.74, 6) is 0.0203. The van der Waals surface area contributed by atoms with Crippen molar-refractivity contribution in [1.82, 2.24) is 0 Å². The number of carbonyl (C=O) groups is 1. The minimum atomic E-state index is -0.428. The third kappa shape index (κ3) is 4.76. The van der Waals surface area contributed by atoms with E-state index in [9.17, 15) is 4.79 Å². The summed E-state index contributed by atoms with van der Waals surface area (Å²) in [5, 5.41) is 32.7. The van der Waals surface area contributed by atoms with Gasteiger partial charge in [0.1, 0.15) is 29.7 Å². The van der Waals surface area contributed by atoms with Crippen molar-refractivity contribution in [2.24, 2.45) is 0 Å². The summed E-state index contributed by atoms with van der Waals surface area (Å²) in [6.45, 7) is 0. The lowest BCUT2D eigenvalue weighted by Crippen LogP contribution is -2.13. The summed E-state index contributed by atoms with van der Waals surface area (Å²) >= 11 is 5.95. The van der Waals surface area contributed by atoms with Gasteiger partial charge in [-0.05, 0) is 36.4 Å². The Morgan fingerprint density at radius 2 is 1.78 bits per heavy atom. The SMILES string of the molecule is COc1ccc(Cl)cc1NC(=O)c1cccc(NC(C#N)=C(C#N)C#N)c1. The maximum Gasteiger partial charge on any atom is 0.255 e. The quantitative estimate of drug-likeness (QED) is 0.763. The Morgan fingerprint density at radius 3 is 2.41 bits per heavy atom. The van der Waals surface area contributed by atoms with Crippen LogP contribution >= 0.6 is 11.6 Å². The predicted molar refractivity (Wildman–Crippen MR) is 99.9 cm³/mol. The highest BCUT2D eigenvalue weighted by Gasteiger charge is 2.12. The largest absolute Gasteiger partial charge is 0.495 e. The van der Waals surface area contributed by atoms with E-state index in [4.69, 9.17) is 32.1 Å². The molecule has 0 saturated carbocycles. The van der Waals surface area contributed by atoms with Crippen LogP contribution in [0.4, 0.5) is 11.4 Å². The molecule has 0 aliphatic carbocycles. The fraction of sp³-hybridized carbons (Fsp3) is 0.0526. The third-order valence-electron chi connectivity index (χ3n) is 3.39. The van der Waals surface area contributed by atoms with Crippen LogP contribution in [-0.4, -0.2) is 13.0 Å². The molecule has 27 heavy (non-hydrogen) atoms. The van der Waals surface area contributed by atoms with E-state index < -0.39 is 5.91 Å². The maximum atomic E-state index is 12.5. The molecule has 0 saturated heterocycles. The van der Waals surface area contributed by atoms with Crippen LogP contribution < -0.4 is 15.4 Å². The van der Waals surface area contributed by atoms with Crippen molar-refractivity contribution in [3.63, 3.8) is 0 Å². The lowest BCUT2D eigenvalue weighted by molar-refractivity contribution is 0.102. The molecule has 0 bridgehead atoms. The number of benzene rings is 2. The summed E-state index contributed by atoms with van der Waals surface area (Å²) in [6, 6.07) is 16.1. The van der Waals surface area contributed by atoms with Crippen LogP contribution in [0.25, 0.3) is 0 Å². The monoisotopic (exact) mass is 377 g/mol. The van der Waals surface area contributed by atoms with Gasteiger partial charge in [-0.3, -0.25) is 4.79 Å². The van der Waals surface area contributed by atoms with Crippen LogP contribution in [0.1, 0.15) is 10.4 Å². The van der Waals surface area contributed by atoms with Gasteiger partial charge in [0.15, 0.2) is 5.57 Å². The van der Waals surface area contributed by atoms with Crippen molar-refractivity contribution in [1.29, 1.82) is 15.8 Å².